The highest BCUT2D eigenvalue weighted by atomic mass is 32.1. The Hall–Kier alpha value is -3.20. The van der Waals surface area contributed by atoms with E-state index >= 15 is 0 Å². The predicted octanol–water partition coefficient (Wildman–Crippen LogP) is 1.38. The maximum Gasteiger partial charge on any atom is 0.317 e. The fourth-order valence-corrected chi connectivity index (χ4v) is 5.50. The zero-order valence-corrected chi connectivity index (χ0v) is 18.5. The third-order valence-corrected chi connectivity index (χ3v) is 6.91. The van der Waals surface area contributed by atoms with E-state index in [-0.39, 0.29) is 5.56 Å². The Labute approximate surface area is 182 Å². The van der Waals surface area contributed by atoms with Gasteiger partial charge in [-0.3, -0.25) is 18.8 Å². The third-order valence-electron chi connectivity index (χ3n) is 5.93. The lowest BCUT2D eigenvalue weighted by molar-refractivity contribution is -0.158. The van der Waals surface area contributed by atoms with Gasteiger partial charge in [0.25, 0.3) is 5.56 Å². The second-order valence-corrected chi connectivity index (χ2v) is 8.86. The molecular weight excluding hydrogens is 416 g/mol. The molecule has 2 bridgehead atoms. The van der Waals surface area contributed by atoms with Crippen molar-refractivity contribution < 1.29 is 14.3 Å². The summed E-state index contributed by atoms with van der Waals surface area (Å²) in [6.07, 6.45) is 3.76. The molecule has 0 aliphatic carbocycles. The van der Waals surface area contributed by atoms with Crippen LogP contribution in [0.15, 0.2) is 40.2 Å². The van der Waals surface area contributed by atoms with Crippen LogP contribution in [0.3, 0.4) is 0 Å². The lowest BCUT2D eigenvalue weighted by atomic mass is 9.81. The Morgan fingerprint density at radius 3 is 2.87 bits per heavy atom. The number of aromatic nitrogens is 3. The first-order chi connectivity index (χ1) is 14.9. The molecule has 0 N–H and O–H groups in total. The number of thiazole rings is 1. The molecule has 5 rings (SSSR count). The van der Waals surface area contributed by atoms with Gasteiger partial charge in [0.1, 0.15) is 11.7 Å². The molecule has 2 aliphatic heterocycles. The first-order valence-electron chi connectivity index (χ1n) is 10.1. The highest BCUT2D eigenvalue weighted by Crippen LogP contribution is 2.47. The van der Waals surface area contributed by atoms with Crippen molar-refractivity contribution in [3.63, 3.8) is 0 Å². The van der Waals surface area contributed by atoms with Crippen molar-refractivity contribution in [3.05, 3.63) is 67.0 Å². The molecule has 1 aromatic carbocycles. The number of carbonyl (C=O) groups is 1. The number of rotatable bonds is 3. The fourth-order valence-electron chi connectivity index (χ4n) is 4.41. The molecule has 3 atom stereocenters. The van der Waals surface area contributed by atoms with Gasteiger partial charge in [0, 0.05) is 23.9 Å². The summed E-state index contributed by atoms with van der Waals surface area (Å²) in [6.45, 7) is 6.45. The Bertz CT molecular complexity index is 1390. The van der Waals surface area contributed by atoms with E-state index in [0.29, 0.717) is 15.1 Å². The van der Waals surface area contributed by atoms with Crippen LogP contribution in [-0.4, -0.2) is 33.2 Å². The van der Waals surface area contributed by atoms with Crippen molar-refractivity contribution in [2.75, 3.05) is 7.11 Å². The fraction of sp³-hybridized carbons (Fsp3) is 0.364. The number of carbonyl (C=O) groups excluding carboxylic acids is 1. The maximum absolute atomic E-state index is 13.5. The van der Waals surface area contributed by atoms with Gasteiger partial charge in [0.2, 0.25) is 5.72 Å². The lowest BCUT2D eigenvalue weighted by Gasteiger charge is -2.44. The highest BCUT2D eigenvalue weighted by molar-refractivity contribution is 7.07. The second-order valence-electron chi connectivity index (χ2n) is 7.85. The van der Waals surface area contributed by atoms with Crippen LogP contribution < -0.4 is 19.6 Å². The van der Waals surface area contributed by atoms with Gasteiger partial charge in [-0.1, -0.05) is 29.5 Å². The van der Waals surface area contributed by atoms with Gasteiger partial charge in [-0.15, -0.1) is 0 Å². The smallest absolute Gasteiger partial charge is 0.317 e. The first kappa shape index (κ1) is 19.7. The Morgan fingerprint density at radius 2 is 2.16 bits per heavy atom. The molecule has 0 radical (unpaired) electrons. The van der Waals surface area contributed by atoms with E-state index in [4.69, 9.17) is 14.5 Å². The van der Waals surface area contributed by atoms with Gasteiger partial charge >= 0.3 is 5.97 Å². The van der Waals surface area contributed by atoms with E-state index in [1.165, 1.54) is 18.4 Å². The second kappa shape index (κ2) is 6.91. The minimum absolute atomic E-state index is 0.190. The van der Waals surface area contributed by atoms with Gasteiger partial charge in [-0.05, 0) is 32.9 Å². The average molecular weight is 439 g/mol. The summed E-state index contributed by atoms with van der Waals surface area (Å²) in [5.74, 6) is -0.613. The van der Waals surface area contributed by atoms with Gasteiger partial charge in [-0.2, -0.15) is 5.10 Å². The number of hydrogen-bond donors (Lipinski definition) is 0. The number of hydrogen-bond acceptors (Lipinski definition) is 7. The zero-order chi connectivity index (χ0) is 21.9. The van der Waals surface area contributed by atoms with Gasteiger partial charge < -0.3 is 9.47 Å². The topological polar surface area (TPSA) is 87.7 Å². The molecule has 0 unspecified atom stereocenters. The molecule has 160 valence electrons. The molecule has 9 heteroatoms. The summed E-state index contributed by atoms with van der Waals surface area (Å²) in [4.78, 5) is 31.6. The standard InChI is InChI=1S/C22H22N4O4S/c1-5-25-11-13(12(2)24-25)10-16-19(27)26-18-14-8-6-7-9-15(14)30-22(3,23-21(26)31-16)17(18)20(28)29-4/h6-11,17-18H,5H2,1-4H3/b16-10+/t17-,18-,22-/m0/s1. The molecule has 0 spiro atoms. The van der Waals surface area contributed by atoms with E-state index in [9.17, 15) is 9.59 Å². The maximum atomic E-state index is 13.5. The minimum atomic E-state index is -1.16. The molecule has 8 nitrogen and oxygen atoms in total. The number of methoxy groups -OCH3 is 1. The van der Waals surface area contributed by atoms with Crippen molar-refractivity contribution >= 4 is 23.4 Å². The molecule has 31 heavy (non-hydrogen) atoms. The average Bonchev–Trinajstić information content (AvgIpc) is 3.25. The molecule has 0 fully saturated rings. The van der Waals surface area contributed by atoms with Crippen LogP contribution in [0.1, 0.15) is 36.7 Å². The summed E-state index contributed by atoms with van der Waals surface area (Å²) in [5, 5.41) is 4.45. The van der Waals surface area contributed by atoms with E-state index in [2.05, 4.69) is 5.10 Å². The largest absolute Gasteiger partial charge is 0.469 e. The zero-order valence-electron chi connectivity index (χ0n) is 17.7. The Morgan fingerprint density at radius 1 is 1.39 bits per heavy atom. The summed E-state index contributed by atoms with van der Waals surface area (Å²) >= 11 is 1.29. The molecule has 0 saturated carbocycles. The van der Waals surface area contributed by atoms with Crippen LogP contribution in [-0.2, 0) is 16.1 Å². The van der Waals surface area contributed by atoms with E-state index in [1.807, 2.05) is 55.1 Å². The molecular formula is C22H22N4O4S. The van der Waals surface area contributed by atoms with Crippen molar-refractivity contribution in [1.82, 2.24) is 14.3 Å². The number of ether oxygens (including phenoxy) is 2. The van der Waals surface area contributed by atoms with Crippen molar-refractivity contribution in [2.45, 2.75) is 39.1 Å². The van der Waals surface area contributed by atoms with Crippen LogP contribution in [0.4, 0.5) is 0 Å². The summed E-state index contributed by atoms with van der Waals surface area (Å²) in [5.41, 5.74) is 1.15. The SMILES string of the molecule is CCn1cc(/C=c2/sc3n(c2=O)[C@H]2c4ccccc4O[C@](C)(N=3)[C@@H]2C(=O)OC)c(C)n1. The number of fused-ring (bicyclic) bond motifs is 6. The molecule has 0 saturated heterocycles. The van der Waals surface area contributed by atoms with Crippen LogP contribution in [0.5, 0.6) is 5.75 Å². The van der Waals surface area contributed by atoms with Crippen molar-refractivity contribution in [1.29, 1.82) is 0 Å². The molecule has 2 aliphatic rings. The third kappa shape index (κ3) is 2.87. The van der Waals surface area contributed by atoms with Crippen LogP contribution in [0, 0.1) is 12.8 Å². The van der Waals surface area contributed by atoms with Gasteiger partial charge in [-0.25, -0.2) is 4.99 Å². The number of nitrogens with zero attached hydrogens (tertiary/aromatic N) is 4. The number of para-hydroxylation sites is 1. The summed E-state index contributed by atoms with van der Waals surface area (Å²) in [6, 6.07) is 6.90. The van der Waals surface area contributed by atoms with E-state index in [0.717, 1.165) is 23.4 Å². The predicted molar refractivity (Wildman–Crippen MR) is 115 cm³/mol. The normalized spacial score (nSPS) is 24.1. The number of benzene rings is 1. The molecule has 3 aromatic rings. The summed E-state index contributed by atoms with van der Waals surface area (Å²) < 4.78 is 15.3. The Balaban J connectivity index is 1.78. The number of aryl methyl sites for hydroxylation is 2. The van der Waals surface area contributed by atoms with Crippen molar-refractivity contribution in [2.24, 2.45) is 10.9 Å². The van der Waals surface area contributed by atoms with Gasteiger partial charge in [0.15, 0.2) is 4.80 Å². The van der Waals surface area contributed by atoms with Crippen LogP contribution in [0.25, 0.3) is 6.08 Å². The minimum Gasteiger partial charge on any atom is -0.469 e. The van der Waals surface area contributed by atoms with Crippen molar-refractivity contribution in [3.8, 4) is 5.75 Å². The summed E-state index contributed by atoms with van der Waals surface area (Å²) in [7, 11) is 1.34. The molecule has 0 amide bonds. The van der Waals surface area contributed by atoms with Crippen LogP contribution >= 0.6 is 11.3 Å². The lowest BCUT2D eigenvalue weighted by Crippen LogP contribution is -2.58. The number of esters is 1. The van der Waals surface area contributed by atoms with E-state index in [1.54, 1.807) is 11.5 Å². The molecule has 4 heterocycles. The quantitative estimate of drug-likeness (QED) is 0.577. The van der Waals surface area contributed by atoms with E-state index < -0.39 is 23.7 Å². The van der Waals surface area contributed by atoms with Gasteiger partial charge in [0.05, 0.1) is 23.4 Å². The highest BCUT2D eigenvalue weighted by Gasteiger charge is 2.55. The Kier molecular flexibility index (Phi) is 4.40. The van der Waals surface area contributed by atoms with Crippen LogP contribution in [0.2, 0.25) is 0 Å². The molecule has 2 aromatic heterocycles. The first-order valence-corrected chi connectivity index (χ1v) is 10.9. The monoisotopic (exact) mass is 438 g/mol.